The van der Waals surface area contributed by atoms with E-state index in [4.69, 9.17) is 0 Å². The predicted octanol–water partition coefficient (Wildman–Crippen LogP) is 5.58. The summed E-state index contributed by atoms with van der Waals surface area (Å²) in [5.41, 5.74) is 1.46. The lowest BCUT2D eigenvalue weighted by Gasteiger charge is -2.16. The van der Waals surface area contributed by atoms with Crippen LogP contribution >= 0.6 is 15.9 Å². The third-order valence-corrected chi connectivity index (χ3v) is 4.43. The van der Waals surface area contributed by atoms with Crippen molar-refractivity contribution in [2.45, 2.75) is 58.3 Å². The van der Waals surface area contributed by atoms with E-state index in [9.17, 15) is 0 Å². The fourth-order valence-corrected chi connectivity index (χ4v) is 3.00. The quantitative estimate of drug-likeness (QED) is 0.519. The summed E-state index contributed by atoms with van der Waals surface area (Å²) in [7, 11) is 2.07. The van der Waals surface area contributed by atoms with Gasteiger partial charge < -0.3 is 5.32 Å². The van der Waals surface area contributed by atoms with E-state index in [1.807, 2.05) is 0 Å². The second-order valence-corrected chi connectivity index (χ2v) is 6.73. The normalized spacial score (nSPS) is 12.6. The lowest BCUT2D eigenvalue weighted by molar-refractivity contribution is 0.432. The van der Waals surface area contributed by atoms with E-state index in [0.717, 1.165) is 12.5 Å². The largest absolute Gasteiger partial charge is 0.319 e. The summed E-state index contributed by atoms with van der Waals surface area (Å²) < 4.78 is 1.17. The minimum atomic E-state index is 0.771. The summed E-state index contributed by atoms with van der Waals surface area (Å²) in [5, 5.41) is 3.35. The van der Waals surface area contributed by atoms with Crippen LogP contribution < -0.4 is 5.32 Å². The molecule has 1 aromatic carbocycles. The smallest absolute Gasteiger partial charge is 0.0175 e. The average molecular weight is 340 g/mol. The van der Waals surface area contributed by atoms with Gasteiger partial charge in [0.1, 0.15) is 0 Å². The minimum Gasteiger partial charge on any atom is -0.319 e. The predicted molar refractivity (Wildman–Crippen MR) is 93.3 cm³/mol. The van der Waals surface area contributed by atoms with Gasteiger partial charge in [0, 0.05) is 4.47 Å². The maximum absolute atomic E-state index is 3.50. The van der Waals surface area contributed by atoms with Crippen molar-refractivity contribution in [3.8, 4) is 0 Å². The molecule has 0 spiro atoms. The van der Waals surface area contributed by atoms with Crippen molar-refractivity contribution in [3.05, 3.63) is 34.3 Å². The molecule has 114 valence electrons. The topological polar surface area (TPSA) is 12.0 Å². The molecule has 1 rings (SSSR count). The summed E-state index contributed by atoms with van der Waals surface area (Å²) in [6.45, 7) is 3.41. The Kier molecular flexibility index (Phi) is 10.0. The number of unbranched alkanes of at least 4 members (excludes halogenated alkanes) is 5. The Hall–Kier alpha value is -0.340. The van der Waals surface area contributed by atoms with E-state index >= 15 is 0 Å². The third-order valence-electron chi connectivity index (χ3n) is 3.90. The van der Waals surface area contributed by atoms with Gasteiger partial charge in [0.15, 0.2) is 0 Å². The summed E-state index contributed by atoms with van der Waals surface area (Å²) in [6.07, 6.45) is 10.9. The molecule has 0 amide bonds. The Labute approximate surface area is 133 Å². The molecular formula is C18H30BrN. The fraction of sp³-hybridized carbons (Fsp3) is 0.667. The van der Waals surface area contributed by atoms with Gasteiger partial charge in [-0.25, -0.2) is 0 Å². The first-order valence-corrected chi connectivity index (χ1v) is 8.94. The van der Waals surface area contributed by atoms with Crippen LogP contribution in [-0.4, -0.2) is 13.6 Å². The van der Waals surface area contributed by atoms with Gasteiger partial charge in [-0.1, -0.05) is 73.5 Å². The first-order valence-electron chi connectivity index (χ1n) is 8.15. The molecule has 1 unspecified atom stereocenters. The molecule has 0 saturated heterocycles. The summed E-state index contributed by atoms with van der Waals surface area (Å²) >= 11 is 3.50. The molecular weight excluding hydrogens is 310 g/mol. The van der Waals surface area contributed by atoms with Crippen molar-refractivity contribution in [3.63, 3.8) is 0 Å². The summed E-state index contributed by atoms with van der Waals surface area (Å²) in [5.74, 6) is 0.771. The van der Waals surface area contributed by atoms with Gasteiger partial charge in [-0.3, -0.25) is 0 Å². The number of rotatable bonds is 11. The van der Waals surface area contributed by atoms with E-state index in [1.54, 1.807) is 0 Å². The minimum absolute atomic E-state index is 0.771. The molecule has 0 aromatic heterocycles. The molecule has 1 N–H and O–H groups in total. The van der Waals surface area contributed by atoms with E-state index < -0.39 is 0 Å². The van der Waals surface area contributed by atoms with Gasteiger partial charge >= 0.3 is 0 Å². The maximum atomic E-state index is 3.50. The fourth-order valence-electron chi connectivity index (χ4n) is 2.73. The van der Waals surface area contributed by atoms with Crippen molar-refractivity contribution in [2.75, 3.05) is 13.6 Å². The standard InChI is InChI=1S/C18H30BrN/c1-3-4-5-6-7-8-9-17(15-20-2)14-16-10-12-18(19)13-11-16/h10-13,17,20H,3-9,14-15H2,1-2H3. The van der Waals surface area contributed by atoms with Gasteiger partial charge in [-0.05, 0) is 50.0 Å². The zero-order valence-electron chi connectivity index (χ0n) is 13.1. The molecule has 0 bridgehead atoms. The third kappa shape index (κ3) is 8.06. The van der Waals surface area contributed by atoms with Crippen molar-refractivity contribution in [2.24, 2.45) is 5.92 Å². The van der Waals surface area contributed by atoms with Gasteiger partial charge in [0.05, 0.1) is 0 Å². The van der Waals surface area contributed by atoms with Crippen molar-refractivity contribution in [1.29, 1.82) is 0 Å². The van der Waals surface area contributed by atoms with Crippen LogP contribution in [0.1, 0.15) is 57.4 Å². The van der Waals surface area contributed by atoms with Gasteiger partial charge in [0.2, 0.25) is 0 Å². The zero-order valence-corrected chi connectivity index (χ0v) is 14.7. The molecule has 2 heteroatoms. The van der Waals surface area contributed by atoms with Crippen molar-refractivity contribution < 1.29 is 0 Å². The zero-order chi connectivity index (χ0) is 14.6. The SMILES string of the molecule is CCCCCCCCC(CNC)Cc1ccc(Br)cc1. The Balaban J connectivity index is 2.27. The molecule has 0 saturated carbocycles. The summed E-state index contributed by atoms with van der Waals surface area (Å²) in [4.78, 5) is 0. The van der Waals surface area contributed by atoms with E-state index in [-0.39, 0.29) is 0 Å². The number of benzene rings is 1. The molecule has 1 nitrogen and oxygen atoms in total. The first kappa shape index (κ1) is 17.7. The number of hydrogen-bond donors (Lipinski definition) is 1. The highest BCUT2D eigenvalue weighted by atomic mass is 79.9. The van der Waals surface area contributed by atoms with Crippen LogP contribution in [0.2, 0.25) is 0 Å². The van der Waals surface area contributed by atoms with Crippen LogP contribution in [0.25, 0.3) is 0 Å². The molecule has 0 aliphatic heterocycles. The molecule has 20 heavy (non-hydrogen) atoms. The second kappa shape index (κ2) is 11.3. The van der Waals surface area contributed by atoms with Gasteiger partial charge in [0.25, 0.3) is 0 Å². The maximum Gasteiger partial charge on any atom is 0.0175 e. The van der Waals surface area contributed by atoms with Gasteiger partial charge in [-0.15, -0.1) is 0 Å². The Morgan fingerprint density at radius 2 is 1.65 bits per heavy atom. The van der Waals surface area contributed by atoms with Crippen LogP contribution in [0, 0.1) is 5.92 Å². The highest BCUT2D eigenvalue weighted by Gasteiger charge is 2.08. The highest BCUT2D eigenvalue weighted by Crippen LogP contribution is 2.18. The first-order chi connectivity index (χ1) is 9.76. The second-order valence-electron chi connectivity index (χ2n) is 5.81. The average Bonchev–Trinajstić information content (AvgIpc) is 2.45. The highest BCUT2D eigenvalue weighted by molar-refractivity contribution is 9.10. The van der Waals surface area contributed by atoms with Crippen molar-refractivity contribution >= 4 is 15.9 Å². The van der Waals surface area contributed by atoms with Crippen LogP contribution in [0.3, 0.4) is 0 Å². The lowest BCUT2D eigenvalue weighted by atomic mass is 9.93. The van der Waals surface area contributed by atoms with Crippen molar-refractivity contribution in [1.82, 2.24) is 5.32 Å². The Morgan fingerprint density at radius 3 is 2.30 bits per heavy atom. The molecule has 0 radical (unpaired) electrons. The molecule has 1 aromatic rings. The Bertz CT molecular complexity index is 334. The van der Waals surface area contributed by atoms with Gasteiger partial charge in [-0.2, -0.15) is 0 Å². The number of hydrogen-bond acceptors (Lipinski definition) is 1. The molecule has 0 heterocycles. The van der Waals surface area contributed by atoms with Crippen LogP contribution in [0.15, 0.2) is 28.7 Å². The lowest BCUT2D eigenvalue weighted by Crippen LogP contribution is -2.20. The Morgan fingerprint density at radius 1 is 1.00 bits per heavy atom. The summed E-state index contributed by atoms with van der Waals surface area (Å²) in [6, 6.07) is 8.79. The van der Waals surface area contributed by atoms with E-state index in [2.05, 4.69) is 59.5 Å². The molecule has 1 atom stereocenters. The molecule has 0 aliphatic carbocycles. The van der Waals surface area contributed by atoms with E-state index in [0.29, 0.717) is 0 Å². The molecule has 0 aliphatic rings. The number of halogens is 1. The van der Waals surface area contributed by atoms with Crippen LogP contribution in [0.4, 0.5) is 0 Å². The van der Waals surface area contributed by atoms with Crippen LogP contribution in [0.5, 0.6) is 0 Å². The number of nitrogens with one attached hydrogen (secondary N) is 1. The van der Waals surface area contributed by atoms with Crippen LogP contribution in [-0.2, 0) is 6.42 Å². The van der Waals surface area contributed by atoms with E-state index in [1.165, 1.54) is 61.4 Å². The monoisotopic (exact) mass is 339 g/mol. The molecule has 0 fully saturated rings.